The highest BCUT2D eigenvalue weighted by Crippen LogP contribution is 2.31. The van der Waals surface area contributed by atoms with Gasteiger partial charge in [-0.05, 0) is 48.7 Å². The molecule has 3 aromatic rings. The van der Waals surface area contributed by atoms with Crippen LogP contribution in [0.5, 0.6) is 5.75 Å². The number of rotatable bonds is 6. The molecule has 1 heterocycles. The minimum atomic E-state index is -4.58. The van der Waals surface area contributed by atoms with Gasteiger partial charge >= 0.3 is 6.18 Å². The molecule has 0 bridgehead atoms. The van der Waals surface area contributed by atoms with Gasteiger partial charge in [0, 0.05) is 5.69 Å². The lowest BCUT2D eigenvalue weighted by molar-refractivity contribution is -0.137. The zero-order chi connectivity index (χ0) is 21.9. The van der Waals surface area contributed by atoms with Crippen LogP contribution in [-0.4, -0.2) is 34.0 Å². The van der Waals surface area contributed by atoms with Crippen LogP contribution in [-0.2, 0) is 12.7 Å². The quantitative estimate of drug-likeness (QED) is 0.549. The second-order valence-electron chi connectivity index (χ2n) is 6.01. The summed E-state index contributed by atoms with van der Waals surface area (Å²) in [5, 5.41) is 11.2. The first kappa shape index (κ1) is 22.0. The summed E-state index contributed by atoms with van der Waals surface area (Å²) in [5.41, 5.74) is -0.485. The number of ether oxygens (including phenoxy) is 1. The van der Waals surface area contributed by atoms with Crippen LogP contribution in [0.3, 0.4) is 0 Å². The monoisotopic (exact) mass is 456 g/mol. The third kappa shape index (κ3) is 4.71. The second kappa shape index (κ2) is 8.97. The summed E-state index contributed by atoms with van der Waals surface area (Å²) in [6, 6.07) is 9.73. The number of halogens is 4. The third-order valence-electron chi connectivity index (χ3n) is 4.16. The smallest absolute Gasteiger partial charge is 0.416 e. The van der Waals surface area contributed by atoms with Gasteiger partial charge in [-0.3, -0.25) is 9.36 Å². The van der Waals surface area contributed by atoms with E-state index in [1.165, 1.54) is 11.8 Å². The molecule has 30 heavy (non-hydrogen) atoms. The molecule has 2 aromatic carbocycles. The second-order valence-corrected chi connectivity index (χ2v) is 7.19. The Morgan fingerprint density at radius 3 is 2.50 bits per heavy atom. The predicted octanol–water partition coefficient (Wildman–Crippen LogP) is 4.60. The zero-order valence-corrected chi connectivity index (χ0v) is 17.4. The molecule has 0 atom stereocenters. The standard InChI is InChI=1S/C19H16ClF3N4O2S/c1-29-13-6-4-12(5-7-13)27-16(25-26-18(27)30-2)10-24-17(28)14-9-11(19(21,22)23)3-8-15(14)20/h3-9H,10H2,1-2H3,(H,24,28). The van der Waals surface area contributed by atoms with Crippen LogP contribution in [0.4, 0.5) is 13.2 Å². The number of benzene rings is 2. The van der Waals surface area contributed by atoms with Crippen LogP contribution in [0, 0.1) is 0 Å². The Balaban J connectivity index is 1.84. The molecule has 0 saturated heterocycles. The summed E-state index contributed by atoms with van der Waals surface area (Å²) in [4.78, 5) is 12.5. The number of nitrogens with one attached hydrogen (secondary N) is 1. The Kier molecular flexibility index (Phi) is 6.57. The summed E-state index contributed by atoms with van der Waals surface area (Å²) in [5.74, 6) is 0.327. The first-order chi connectivity index (χ1) is 14.2. The van der Waals surface area contributed by atoms with Crippen LogP contribution in [0.15, 0.2) is 47.6 Å². The van der Waals surface area contributed by atoms with Crippen LogP contribution in [0.2, 0.25) is 5.02 Å². The van der Waals surface area contributed by atoms with Crippen molar-refractivity contribution in [3.8, 4) is 11.4 Å². The molecule has 6 nitrogen and oxygen atoms in total. The largest absolute Gasteiger partial charge is 0.497 e. The summed E-state index contributed by atoms with van der Waals surface area (Å²) < 4.78 is 45.7. The molecular weight excluding hydrogens is 441 g/mol. The number of hydrogen-bond acceptors (Lipinski definition) is 5. The number of nitrogens with zero attached hydrogens (tertiary/aromatic N) is 3. The number of carbonyl (C=O) groups is 1. The maximum absolute atomic E-state index is 12.9. The number of alkyl halides is 3. The predicted molar refractivity (Wildman–Crippen MR) is 107 cm³/mol. The summed E-state index contributed by atoms with van der Waals surface area (Å²) in [6.45, 7) is -0.0645. The average molecular weight is 457 g/mol. The van der Waals surface area contributed by atoms with E-state index in [0.717, 1.165) is 23.9 Å². The summed E-state index contributed by atoms with van der Waals surface area (Å²) in [6.07, 6.45) is -2.75. The van der Waals surface area contributed by atoms with Gasteiger partial charge in [0.2, 0.25) is 0 Å². The van der Waals surface area contributed by atoms with Gasteiger partial charge in [0.25, 0.3) is 5.91 Å². The number of carbonyl (C=O) groups excluding carboxylic acids is 1. The molecule has 0 aliphatic rings. The maximum atomic E-state index is 12.9. The molecule has 0 radical (unpaired) electrons. The molecule has 0 fully saturated rings. The fourth-order valence-electron chi connectivity index (χ4n) is 2.67. The Labute approximate surface area is 179 Å². The molecule has 0 unspecified atom stereocenters. The highest BCUT2D eigenvalue weighted by Gasteiger charge is 2.31. The molecular formula is C19H16ClF3N4O2S. The molecule has 0 spiro atoms. The Morgan fingerprint density at radius 1 is 1.20 bits per heavy atom. The zero-order valence-electron chi connectivity index (χ0n) is 15.8. The van der Waals surface area contributed by atoms with Crippen molar-refractivity contribution in [3.05, 3.63) is 64.4 Å². The highest BCUT2D eigenvalue weighted by atomic mass is 35.5. The molecule has 1 amide bonds. The van der Waals surface area contributed by atoms with E-state index in [1.807, 2.05) is 6.26 Å². The molecule has 0 saturated carbocycles. The fraction of sp³-hybridized carbons (Fsp3) is 0.211. The molecule has 3 rings (SSSR count). The van der Waals surface area contributed by atoms with Gasteiger partial charge in [-0.2, -0.15) is 13.2 Å². The third-order valence-corrected chi connectivity index (χ3v) is 5.12. The van der Waals surface area contributed by atoms with Gasteiger partial charge in [0.05, 0.1) is 29.8 Å². The number of hydrogen-bond donors (Lipinski definition) is 1. The van der Waals surface area contributed by atoms with E-state index < -0.39 is 17.6 Å². The summed E-state index contributed by atoms with van der Waals surface area (Å²) >= 11 is 7.29. The van der Waals surface area contributed by atoms with Gasteiger partial charge in [0.1, 0.15) is 5.75 Å². The minimum absolute atomic E-state index is 0.0645. The van der Waals surface area contributed by atoms with E-state index in [0.29, 0.717) is 16.7 Å². The number of aromatic nitrogens is 3. The fourth-order valence-corrected chi connectivity index (χ4v) is 3.39. The summed E-state index contributed by atoms with van der Waals surface area (Å²) in [7, 11) is 1.56. The maximum Gasteiger partial charge on any atom is 0.416 e. The first-order valence-electron chi connectivity index (χ1n) is 8.52. The lowest BCUT2D eigenvalue weighted by atomic mass is 10.1. The molecule has 0 aliphatic carbocycles. The normalized spacial score (nSPS) is 11.4. The van der Waals surface area contributed by atoms with Gasteiger partial charge < -0.3 is 10.1 Å². The van der Waals surface area contributed by atoms with E-state index in [2.05, 4.69) is 15.5 Å². The van der Waals surface area contributed by atoms with Gasteiger partial charge in [-0.15, -0.1) is 10.2 Å². The van der Waals surface area contributed by atoms with Crippen molar-refractivity contribution in [2.24, 2.45) is 0 Å². The highest BCUT2D eigenvalue weighted by molar-refractivity contribution is 7.98. The number of methoxy groups -OCH3 is 1. The Hall–Kier alpha value is -2.72. The average Bonchev–Trinajstić information content (AvgIpc) is 3.14. The van der Waals surface area contributed by atoms with E-state index in [4.69, 9.17) is 16.3 Å². The molecule has 1 aromatic heterocycles. The van der Waals surface area contributed by atoms with Gasteiger partial charge in [-0.25, -0.2) is 0 Å². The van der Waals surface area contributed by atoms with Crippen LogP contribution >= 0.6 is 23.4 Å². The van der Waals surface area contributed by atoms with Crippen LogP contribution in [0.1, 0.15) is 21.7 Å². The van der Waals surface area contributed by atoms with Crippen molar-refractivity contribution in [2.75, 3.05) is 13.4 Å². The number of amides is 1. The van der Waals surface area contributed by atoms with E-state index in [1.54, 1.807) is 35.9 Å². The first-order valence-corrected chi connectivity index (χ1v) is 10.1. The van der Waals surface area contributed by atoms with Gasteiger partial charge in [0.15, 0.2) is 11.0 Å². The SMILES string of the molecule is COc1ccc(-n2c(CNC(=O)c3cc(C(F)(F)F)ccc3Cl)nnc2SC)cc1. The van der Waals surface area contributed by atoms with Crippen molar-refractivity contribution in [2.45, 2.75) is 17.9 Å². The minimum Gasteiger partial charge on any atom is -0.497 e. The van der Waals surface area contributed by atoms with E-state index in [9.17, 15) is 18.0 Å². The van der Waals surface area contributed by atoms with Crippen molar-refractivity contribution in [1.29, 1.82) is 0 Å². The number of thioether (sulfide) groups is 1. The Bertz CT molecular complexity index is 1050. The lowest BCUT2D eigenvalue weighted by Gasteiger charge is -2.12. The molecule has 11 heteroatoms. The van der Waals surface area contributed by atoms with Crippen molar-refractivity contribution in [1.82, 2.24) is 20.1 Å². The van der Waals surface area contributed by atoms with Crippen molar-refractivity contribution in [3.63, 3.8) is 0 Å². The van der Waals surface area contributed by atoms with Crippen LogP contribution < -0.4 is 10.1 Å². The van der Waals surface area contributed by atoms with Crippen LogP contribution in [0.25, 0.3) is 5.69 Å². The molecule has 158 valence electrons. The topological polar surface area (TPSA) is 69.0 Å². The van der Waals surface area contributed by atoms with Crippen molar-refractivity contribution >= 4 is 29.3 Å². The van der Waals surface area contributed by atoms with E-state index in [-0.39, 0.29) is 17.1 Å². The van der Waals surface area contributed by atoms with Crippen molar-refractivity contribution < 1.29 is 22.7 Å². The van der Waals surface area contributed by atoms with E-state index >= 15 is 0 Å². The lowest BCUT2D eigenvalue weighted by Crippen LogP contribution is -2.25. The molecule has 1 N–H and O–H groups in total. The van der Waals surface area contributed by atoms with Gasteiger partial charge in [-0.1, -0.05) is 23.4 Å². The molecule has 0 aliphatic heterocycles. The Morgan fingerprint density at radius 2 is 1.90 bits per heavy atom.